The molecule has 0 saturated carbocycles. The Morgan fingerprint density at radius 2 is 2.05 bits per heavy atom. The predicted molar refractivity (Wildman–Crippen MR) is 78.4 cm³/mol. The van der Waals surface area contributed by atoms with E-state index in [9.17, 15) is 4.79 Å². The molecule has 2 aromatic rings. The highest BCUT2D eigenvalue weighted by molar-refractivity contribution is 5.98. The lowest BCUT2D eigenvalue weighted by Gasteiger charge is -2.26. The third kappa shape index (κ3) is 2.36. The van der Waals surface area contributed by atoms with Crippen molar-refractivity contribution in [3.63, 3.8) is 0 Å². The van der Waals surface area contributed by atoms with E-state index in [-0.39, 0.29) is 5.78 Å². The van der Waals surface area contributed by atoms with Crippen LogP contribution in [-0.2, 0) is 6.42 Å². The first-order chi connectivity index (χ1) is 9.65. The van der Waals surface area contributed by atoms with Crippen LogP contribution in [0.15, 0.2) is 36.7 Å². The molecule has 0 radical (unpaired) electrons. The summed E-state index contributed by atoms with van der Waals surface area (Å²) in [5, 5.41) is 0. The van der Waals surface area contributed by atoms with Crippen LogP contribution in [0.3, 0.4) is 0 Å². The van der Waals surface area contributed by atoms with Crippen molar-refractivity contribution in [3.8, 4) is 11.3 Å². The van der Waals surface area contributed by atoms with Gasteiger partial charge >= 0.3 is 0 Å². The van der Waals surface area contributed by atoms with Gasteiger partial charge in [0.15, 0.2) is 5.78 Å². The summed E-state index contributed by atoms with van der Waals surface area (Å²) in [6, 6.07) is 7.73. The van der Waals surface area contributed by atoms with Crippen molar-refractivity contribution in [1.82, 2.24) is 9.97 Å². The molecule has 0 fully saturated rings. The van der Waals surface area contributed by atoms with Crippen LogP contribution in [0.2, 0.25) is 0 Å². The van der Waals surface area contributed by atoms with E-state index in [1.165, 1.54) is 0 Å². The second kappa shape index (κ2) is 5.16. The number of fused-ring (bicyclic) bond motifs is 1. The van der Waals surface area contributed by atoms with Gasteiger partial charge in [0.05, 0.1) is 11.4 Å². The number of hydrogen-bond donors (Lipinski definition) is 0. The van der Waals surface area contributed by atoms with Crippen molar-refractivity contribution >= 4 is 5.78 Å². The summed E-state index contributed by atoms with van der Waals surface area (Å²) in [4.78, 5) is 21.0. The summed E-state index contributed by atoms with van der Waals surface area (Å²) in [7, 11) is 0. The van der Waals surface area contributed by atoms with Crippen LogP contribution >= 0.6 is 0 Å². The fourth-order valence-corrected chi connectivity index (χ4v) is 2.73. The van der Waals surface area contributed by atoms with Crippen molar-refractivity contribution in [1.29, 1.82) is 0 Å². The van der Waals surface area contributed by atoms with E-state index in [4.69, 9.17) is 4.98 Å². The number of carbonyl (C=O) groups is 1. The van der Waals surface area contributed by atoms with Gasteiger partial charge in [-0.3, -0.25) is 14.8 Å². The highest BCUT2D eigenvalue weighted by atomic mass is 16.1. The summed E-state index contributed by atoms with van der Waals surface area (Å²) in [5.74, 6) is 1.15. The van der Waals surface area contributed by atoms with Crippen molar-refractivity contribution in [2.24, 2.45) is 11.8 Å². The number of hydrogen-bond acceptors (Lipinski definition) is 3. The lowest BCUT2D eigenvalue weighted by molar-refractivity contribution is 0.0931. The summed E-state index contributed by atoms with van der Waals surface area (Å²) >= 11 is 0. The van der Waals surface area contributed by atoms with E-state index in [2.05, 4.69) is 18.8 Å². The number of pyridine rings is 2. The monoisotopic (exact) mass is 266 g/mol. The molecule has 3 heteroatoms. The number of ketones is 1. The second-order valence-electron chi connectivity index (χ2n) is 5.77. The van der Waals surface area contributed by atoms with E-state index in [0.29, 0.717) is 18.3 Å². The third-order valence-electron chi connectivity index (χ3n) is 4.08. The Balaban J connectivity index is 2.00. The molecule has 1 atom stereocenters. The maximum Gasteiger partial charge on any atom is 0.165 e. The number of rotatable bonds is 2. The van der Waals surface area contributed by atoms with E-state index in [1.807, 2.05) is 24.3 Å². The predicted octanol–water partition coefficient (Wildman–Crippen LogP) is 3.54. The Kier molecular flexibility index (Phi) is 3.35. The number of carbonyl (C=O) groups excluding carboxylic acids is 1. The molecule has 3 nitrogen and oxygen atoms in total. The summed E-state index contributed by atoms with van der Waals surface area (Å²) in [6.07, 6.45) is 5.10. The van der Waals surface area contributed by atoms with Gasteiger partial charge in [0.2, 0.25) is 0 Å². The Morgan fingerprint density at radius 3 is 2.75 bits per heavy atom. The van der Waals surface area contributed by atoms with Gasteiger partial charge in [0.25, 0.3) is 0 Å². The van der Waals surface area contributed by atoms with E-state index < -0.39 is 0 Å². The van der Waals surface area contributed by atoms with Gasteiger partial charge in [0.1, 0.15) is 0 Å². The van der Waals surface area contributed by atoms with Gasteiger partial charge in [-0.25, -0.2) is 0 Å². The summed E-state index contributed by atoms with van der Waals surface area (Å²) in [5.41, 5.74) is 3.64. The Labute approximate surface area is 119 Å². The van der Waals surface area contributed by atoms with Gasteiger partial charge in [-0.05, 0) is 42.5 Å². The van der Waals surface area contributed by atoms with Crippen molar-refractivity contribution < 1.29 is 4.79 Å². The molecule has 2 aromatic heterocycles. The van der Waals surface area contributed by atoms with Crippen LogP contribution in [0.5, 0.6) is 0 Å². The second-order valence-corrected chi connectivity index (χ2v) is 5.77. The van der Waals surface area contributed by atoms with Crippen LogP contribution in [0.1, 0.15) is 36.3 Å². The fraction of sp³-hybridized carbons (Fsp3) is 0.353. The molecule has 0 spiro atoms. The summed E-state index contributed by atoms with van der Waals surface area (Å²) < 4.78 is 0. The average molecular weight is 266 g/mol. The SMILES string of the molecule is CC(C)C1CC(=O)c2ccc(-c3cccnc3)nc2C1. The largest absolute Gasteiger partial charge is 0.294 e. The Bertz CT molecular complexity index is 635. The summed E-state index contributed by atoms with van der Waals surface area (Å²) in [6.45, 7) is 4.35. The minimum absolute atomic E-state index is 0.232. The average Bonchev–Trinajstić information content (AvgIpc) is 2.47. The number of nitrogens with zero attached hydrogens (tertiary/aromatic N) is 2. The molecule has 20 heavy (non-hydrogen) atoms. The molecular weight excluding hydrogens is 248 g/mol. The highest BCUT2D eigenvalue weighted by Crippen LogP contribution is 2.30. The van der Waals surface area contributed by atoms with Gasteiger partial charge in [-0.2, -0.15) is 0 Å². The number of Topliss-reactive ketones (excluding diaryl/α,β-unsaturated/α-hetero) is 1. The van der Waals surface area contributed by atoms with Gasteiger partial charge < -0.3 is 0 Å². The normalized spacial score (nSPS) is 18.1. The minimum atomic E-state index is 0.232. The van der Waals surface area contributed by atoms with Gasteiger partial charge in [-0.15, -0.1) is 0 Å². The van der Waals surface area contributed by atoms with Crippen molar-refractivity contribution in [2.75, 3.05) is 0 Å². The van der Waals surface area contributed by atoms with Crippen LogP contribution in [-0.4, -0.2) is 15.8 Å². The lowest BCUT2D eigenvalue weighted by atomic mass is 9.79. The lowest BCUT2D eigenvalue weighted by Crippen LogP contribution is -2.24. The molecule has 102 valence electrons. The molecule has 1 unspecified atom stereocenters. The zero-order valence-corrected chi connectivity index (χ0v) is 11.8. The minimum Gasteiger partial charge on any atom is -0.294 e. The van der Waals surface area contributed by atoms with E-state index >= 15 is 0 Å². The standard InChI is InChI=1S/C17H18N2O/c1-11(2)13-8-16-14(17(20)9-13)5-6-15(19-16)12-4-3-7-18-10-12/h3-7,10-11,13H,8-9H2,1-2H3. The van der Waals surface area contributed by atoms with E-state index in [1.54, 1.807) is 12.4 Å². The molecule has 1 aliphatic rings. The molecule has 0 aliphatic heterocycles. The molecule has 0 amide bonds. The molecule has 3 rings (SSSR count). The quantitative estimate of drug-likeness (QED) is 0.835. The first-order valence-electron chi connectivity index (χ1n) is 7.08. The molecule has 0 aromatic carbocycles. The smallest absolute Gasteiger partial charge is 0.165 e. The maximum absolute atomic E-state index is 12.2. The fourth-order valence-electron chi connectivity index (χ4n) is 2.73. The van der Waals surface area contributed by atoms with Crippen LogP contribution < -0.4 is 0 Å². The number of aromatic nitrogens is 2. The highest BCUT2D eigenvalue weighted by Gasteiger charge is 2.28. The first kappa shape index (κ1) is 13.0. The molecule has 0 N–H and O–H groups in total. The molecule has 1 aliphatic carbocycles. The molecule has 0 saturated heterocycles. The van der Waals surface area contributed by atoms with Crippen LogP contribution in [0.25, 0.3) is 11.3 Å². The third-order valence-corrected chi connectivity index (χ3v) is 4.08. The zero-order valence-electron chi connectivity index (χ0n) is 11.8. The Hall–Kier alpha value is -2.03. The molecule has 2 heterocycles. The van der Waals surface area contributed by atoms with Gasteiger partial charge in [-0.1, -0.05) is 13.8 Å². The Morgan fingerprint density at radius 1 is 1.20 bits per heavy atom. The van der Waals surface area contributed by atoms with Crippen molar-refractivity contribution in [2.45, 2.75) is 26.7 Å². The van der Waals surface area contributed by atoms with Crippen LogP contribution in [0, 0.1) is 11.8 Å². The maximum atomic E-state index is 12.2. The molecule has 0 bridgehead atoms. The topological polar surface area (TPSA) is 42.9 Å². The zero-order chi connectivity index (χ0) is 14.1. The van der Waals surface area contributed by atoms with Gasteiger partial charge in [0, 0.05) is 29.9 Å². The molecular formula is C17H18N2O. The first-order valence-corrected chi connectivity index (χ1v) is 7.08. The van der Waals surface area contributed by atoms with Crippen LogP contribution in [0.4, 0.5) is 0 Å². The van der Waals surface area contributed by atoms with E-state index in [0.717, 1.165) is 28.9 Å². The van der Waals surface area contributed by atoms with Crippen molar-refractivity contribution in [3.05, 3.63) is 47.9 Å².